The van der Waals surface area contributed by atoms with Crippen LogP contribution in [-0.2, 0) is 11.2 Å². The largest absolute Gasteiger partial charge is 0.319 e. The highest BCUT2D eigenvalue weighted by Gasteiger charge is 2.15. The minimum Gasteiger partial charge on any atom is -0.319 e. The van der Waals surface area contributed by atoms with E-state index in [1.165, 1.54) is 11.3 Å². The molecule has 0 bridgehead atoms. The van der Waals surface area contributed by atoms with Crippen molar-refractivity contribution in [2.45, 2.75) is 20.3 Å². The Kier molecular flexibility index (Phi) is 7.99. The standard InChI is InChI=1S/C16H20ClN3OS.ClH/c1-10(9-18-3)15(21)20-16-19-11(2)14(22-16)8-12-5-4-6-13(17)7-12;/h4-7,10,18H,8-9H2,1-3H3,(H,19,20,21);1H. The van der Waals surface area contributed by atoms with Gasteiger partial charge in [-0.05, 0) is 31.7 Å². The molecule has 0 radical (unpaired) electrons. The number of aryl methyl sites for hydroxylation is 1. The van der Waals surface area contributed by atoms with Gasteiger partial charge in [0, 0.05) is 28.8 Å². The molecule has 2 aromatic rings. The molecule has 1 atom stereocenters. The quantitative estimate of drug-likeness (QED) is 0.806. The van der Waals surface area contributed by atoms with Gasteiger partial charge in [0.2, 0.25) is 5.91 Å². The molecule has 1 aromatic carbocycles. The molecular formula is C16H21Cl2N3OS. The Morgan fingerprint density at radius 3 is 2.83 bits per heavy atom. The Labute approximate surface area is 152 Å². The molecule has 2 N–H and O–H groups in total. The number of carbonyl (C=O) groups is 1. The van der Waals surface area contributed by atoms with E-state index in [9.17, 15) is 4.79 Å². The van der Waals surface area contributed by atoms with Crippen molar-refractivity contribution >= 4 is 46.4 Å². The fourth-order valence-electron chi connectivity index (χ4n) is 2.11. The monoisotopic (exact) mass is 373 g/mol. The number of aromatic nitrogens is 1. The fraction of sp³-hybridized carbons (Fsp3) is 0.375. The number of halogens is 2. The first-order valence-corrected chi connectivity index (χ1v) is 8.35. The summed E-state index contributed by atoms with van der Waals surface area (Å²) in [6.45, 7) is 4.49. The molecule has 0 saturated heterocycles. The van der Waals surface area contributed by atoms with Gasteiger partial charge in [-0.1, -0.05) is 30.7 Å². The Morgan fingerprint density at radius 2 is 2.17 bits per heavy atom. The summed E-state index contributed by atoms with van der Waals surface area (Å²) >= 11 is 7.53. The van der Waals surface area contributed by atoms with Crippen molar-refractivity contribution in [1.29, 1.82) is 0 Å². The molecule has 23 heavy (non-hydrogen) atoms. The summed E-state index contributed by atoms with van der Waals surface area (Å²) in [6, 6.07) is 7.79. The lowest BCUT2D eigenvalue weighted by Gasteiger charge is -2.09. The molecule has 126 valence electrons. The number of thiazole rings is 1. The van der Waals surface area contributed by atoms with E-state index < -0.39 is 0 Å². The highest BCUT2D eigenvalue weighted by molar-refractivity contribution is 7.15. The van der Waals surface area contributed by atoms with Crippen LogP contribution in [0, 0.1) is 12.8 Å². The normalized spacial score (nSPS) is 11.7. The van der Waals surface area contributed by atoms with E-state index in [1.807, 2.05) is 45.2 Å². The molecule has 0 aliphatic heterocycles. The number of anilines is 1. The average molecular weight is 374 g/mol. The maximum Gasteiger partial charge on any atom is 0.230 e. The maximum absolute atomic E-state index is 12.0. The van der Waals surface area contributed by atoms with E-state index in [4.69, 9.17) is 11.6 Å². The van der Waals surface area contributed by atoms with Crippen LogP contribution < -0.4 is 10.6 Å². The molecule has 2 rings (SSSR count). The lowest BCUT2D eigenvalue weighted by atomic mass is 10.1. The molecule has 0 aliphatic rings. The second-order valence-electron chi connectivity index (χ2n) is 5.28. The second kappa shape index (κ2) is 9.23. The van der Waals surface area contributed by atoms with Gasteiger partial charge in [0.15, 0.2) is 5.13 Å². The summed E-state index contributed by atoms with van der Waals surface area (Å²) < 4.78 is 0. The number of rotatable bonds is 6. The number of benzene rings is 1. The van der Waals surface area contributed by atoms with E-state index >= 15 is 0 Å². The van der Waals surface area contributed by atoms with Crippen LogP contribution >= 0.6 is 35.3 Å². The van der Waals surface area contributed by atoms with Crippen LogP contribution in [0.25, 0.3) is 0 Å². The minimum atomic E-state index is -0.0920. The van der Waals surface area contributed by atoms with E-state index in [0.29, 0.717) is 11.7 Å². The maximum atomic E-state index is 12.0. The zero-order valence-corrected chi connectivity index (χ0v) is 15.7. The highest BCUT2D eigenvalue weighted by atomic mass is 35.5. The van der Waals surface area contributed by atoms with E-state index in [-0.39, 0.29) is 24.2 Å². The molecule has 0 saturated carbocycles. The lowest BCUT2D eigenvalue weighted by Crippen LogP contribution is -2.28. The van der Waals surface area contributed by atoms with Crippen LogP contribution in [0.1, 0.15) is 23.1 Å². The number of hydrogen-bond donors (Lipinski definition) is 2. The third kappa shape index (κ3) is 5.77. The van der Waals surface area contributed by atoms with E-state index in [2.05, 4.69) is 15.6 Å². The van der Waals surface area contributed by atoms with Gasteiger partial charge in [-0.2, -0.15) is 0 Å². The highest BCUT2D eigenvalue weighted by Crippen LogP contribution is 2.26. The summed E-state index contributed by atoms with van der Waals surface area (Å²) in [6.07, 6.45) is 0.770. The van der Waals surface area contributed by atoms with Gasteiger partial charge >= 0.3 is 0 Å². The average Bonchev–Trinajstić information content (AvgIpc) is 2.79. The molecule has 1 heterocycles. The van der Waals surface area contributed by atoms with Gasteiger partial charge < -0.3 is 10.6 Å². The van der Waals surface area contributed by atoms with Gasteiger partial charge in [-0.25, -0.2) is 4.98 Å². The van der Waals surface area contributed by atoms with Gasteiger partial charge in [-0.3, -0.25) is 4.79 Å². The van der Waals surface area contributed by atoms with Gasteiger partial charge in [-0.15, -0.1) is 23.7 Å². The SMILES string of the molecule is CNCC(C)C(=O)Nc1nc(C)c(Cc2cccc(Cl)c2)s1.Cl. The van der Waals surface area contributed by atoms with Crippen LogP contribution in [0.2, 0.25) is 5.02 Å². The molecule has 1 unspecified atom stereocenters. The van der Waals surface area contributed by atoms with Crippen molar-refractivity contribution in [2.75, 3.05) is 18.9 Å². The topological polar surface area (TPSA) is 54.0 Å². The van der Waals surface area contributed by atoms with Crippen molar-refractivity contribution in [2.24, 2.45) is 5.92 Å². The van der Waals surface area contributed by atoms with Crippen molar-refractivity contribution in [3.63, 3.8) is 0 Å². The fourth-order valence-corrected chi connectivity index (χ4v) is 3.32. The smallest absolute Gasteiger partial charge is 0.230 e. The number of amides is 1. The van der Waals surface area contributed by atoms with Crippen molar-refractivity contribution < 1.29 is 4.79 Å². The molecule has 0 aliphatic carbocycles. The third-order valence-electron chi connectivity index (χ3n) is 3.33. The van der Waals surface area contributed by atoms with Crippen molar-refractivity contribution in [1.82, 2.24) is 10.3 Å². The zero-order chi connectivity index (χ0) is 16.1. The van der Waals surface area contributed by atoms with Crippen LogP contribution in [0.3, 0.4) is 0 Å². The molecule has 4 nitrogen and oxygen atoms in total. The Morgan fingerprint density at radius 1 is 1.43 bits per heavy atom. The zero-order valence-electron chi connectivity index (χ0n) is 13.4. The first kappa shape index (κ1) is 19.9. The first-order chi connectivity index (χ1) is 10.5. The number of hydrogen-bond acceptors (Lipinski definition) is 4. The summed E-state index contributed by atoms with van der Waals surface area (Å²) in [5.41, 5.74) is 2.09. The van der Waals surface area contributed by atoms with E-state index in [1.54, 1.807) is 0 Å². The van der Waals surface area contributed by atoms with E-state index in [0.717, 1.165) is 27.6 Å². The van der Waals surface area contributed by atoms with Crippen LogP contribution in [0.15, 0.2) is 24.3 Å². The summed E-state index contributed by atoms with van der Waals surface area (Å²) in [4.78, 5) is 17.6. The predicted octanol–water partition coefficient (Wildman–Crippen LogP) is 3.91. The Bertz CT molecular complexity index is 661. The van der Waals surface area contributed by atoms with Crippen molar-refractivity contribution in [3.8, 4) is 0 Å². The lowest BCUT2D eigenvalue weighted by molar-refractivity contribution is -0.119. The molecular weight excluding hydrogens is 353 g/mol. The summed E-state index contributed by atoms with van der Waals surface area (Å²) in [5, 5.41) is 7.27. The summed E-state index contributed by atoms with van der Waals surface area (Å²) in [5.74, 6) is -0.108. The van der Waals surface area contributed by atoms with Crippen LogP contribution in [-0.4, -0.2) is 24.5 Å². The van der Waals surface area contributed by atoms with Gasteiger partial charge in [0.1, 0.15) is 0 Å². The Hall–Kier alpha value is -1.14. The second-order valence-corrected chi connectivity index (χ2v) is 6.80. The molecule has 0 fully saturated rings. The first-order valence-electron chi connectivity index (χ1n) is 7.15. The third-order valence-corrected chi connectivity index (χ3v) is 4.64. The van der Waals surface area contributed by atoms with Gasteiger partial charge in [0.05, 0.1) is 5.69 Å². The van der Waals surface area contributed by atoms with Crippen LogP contribution in [0.4, 0.5) is 5.13 Å². The van der Waals surface area contributed by atoms with Crippen LogP contribution in [0.5, 0.6) is 0 Å². The molecule has 0 spiro atoms. The van der Waals surface area contributed by atoms with Gasteiger partial charge in [0.25, 0.3) is 0 Å². The summed E-state index contributed by atoms with van der Waals surface area (Å²) in [7, 11) is 1.83. The number of nitrogens with zero attached hydrogens (tertiary/aromatic N) is 1. The Balaban J connectivity index is 0.00000264. The number of carbonyl (C=O) groups excluding carboxylic acids is 1. The van der Waals surface area contributed by atoms with Crippen molar-refractivity contribution in [3.05, 3.63) is 45.4 Å². The molecule has 1 amide bonds. The molecule has 7 heteroatoms. The minimum absolute atomic E-state index is 0. The predicted molar refractivity (Wildman–Crippen MR) is 100 cm³/mol. The number of nitrogens with one attached hydrogen (secondary N) is 2. The molecule has 1 aromatic heterocycles.